The van der Waals surface area contributed by atoms with Gasteiger partial charge >= 0.3 is 0 Å². The predicted octanol–water partition coefficient (Wildman–Crippen LogP) is 1.90. The molecule has 2 heterocycles. The number of hydrogen-bond acceptors (Lipinski definition) is 4. The maximum atomic E-state index is 12.1. The maximum Gasteiger partial charge on any atom is 0.155 e. The Labute approximate surface area is 102 Å². The number of furan rings is 1. The standard InChI is InChI=1S/C12H19NO3S/c1-2-13-12(10-6-7-16-9-10)11-5-3-4-8-17(11,14)15/h6-7,9,11-13H,2-5,8H2,1H3. The molecule has 0 saturated carbocycles. The highest BCUT2D eigenvalue weighted by molar-refractivity contribution is 7.92. The maximum absolute atomic E-state index is 12.1. The summed E-state index contributed by atoms with van der Waals surface area (Å²) in [7, 11) is -2.98. The monoisotopic (exact) mass is 257 g/mol. The van der Waals surface area contributed by atoms with Gasteiger partial charge in [0.05, 0.1) is 29.6 Å². The molecule has 1 aromatic rings. The molecule has 0 amide bonds. The van der Waals surface area contributed by atoms with Crippen molar-refractivity contribution in [2.24, 2.45) is 0 Å². The quantitative estimate of drug-likeness (QED) is 0.895. The smallest absolute Gasteiger partial charge is 0.155 e. The van der Waals surface area contributed by atoms with Gasteiger partial charge in [0.2, 0.25) is 0 Å². The van der Waals surface area contributed by atoms with Crippen LogP contribution in [0.25, 0.3) is 0 Å². The summed E-state index contributed by atoms with van der Waals surface area (Å²) >= 11 is 0. The third-order valence-electron chi connectivity index (χ3n) is 3.33. The van der Waals surface area contributed by atoms with Crippen LogP contribution in [-0.2, 0) is 9.84 Å². The van der Waals surface area contributed by atoms with E-state index < -0.39 is 9.84 Å². The Bertz CT molecular complexity index is 438. The summed E-state index contributed by atoms with van der Waals surface area (Å²) in [5.74, 6) is 0.317. The van der Waals surface area contributed by atoms with E-state index >= 15 is 0 Å². The van der Waals surface area contributed by atoms with Crippen molar-refractivity contribution >= 4 is 9.84 Å². The second kappa shape index (κ2) is 5.23. The highest BCUT2D eigenvalue weighted by Crippen LogP contribution is 2.30. The summed E-state index contributed by atoms with van der Waals surface area (Å²) in [6.45, 7) is 2.74. The van der Waals surface area contributed by atoms with Crippen molar-refractivity contribution in [2.75, 3.05) is 12.3 Å². The average molecular weight is 257 g/mol. The van der Waals surface area contributed by atoms with E-state index in [0.717, 1.165) is 31.4 Å². The summed E-state index contributed by atoms with van der Waals surface area (Å²) in [5, 5.41) is 2.96. The van der Waals surface area contributed by atoms with E-state index in [4.69, 9.17) is 4.42 Å². The first-order chi connectivity index (χ1) is 8.15. The Morgan fingerprint density at radius 1 is 1.53 bits per heavy atom. The third-order valence-corrected chi connectivity index (χ3v) is 5.62. The molecule has 2 atom stereocenters. The predicted molar refractivity (Wildman–Crippen MR) is 66.6 cm³/mol. The largest absolute Gasteiger partial charge is 0.472 e. The first-order valence-corrected chi connectivity index (χ1v) is 7.83. The Kier molecular flexibility index (Phi) is 3.89. The summed E-state index contributed by atoms with van der Waals surface area (Å²) < 4.78 is 29.3. The van der Waals surface area contributed by atoms with E-state index in [2.05, 4.69) is 5.32 Å². The molecule has 1 N–H and O–H groups in total. The minimum atomic E-state index is -2.98. The molecule has 1 saturated heterocycles. The van der Waals surface area contributed by atoms with E-state index in [-0.39, 0.29) is 11.3 Å². The lowest BCUT2D eigenvalue weighted by molar-refractivity contribution is 0.449. The van der Waals surface area contributed by atoms with Crippen LogP contribution in [0.3, 0.4) is 0 Å². The molecule has 1 fully saturated rings. The second-order valence-corrected chi connectivity index (χ2v) is 6.83. The second-order valence-electron chi connectivity index (χ2n) is 4.49. The van der Waals surface area contributed by atoms with Gasteiger partial charge in [-0.2, -0.15) is 0 Å². The van der Waals surface area contributed by atoms with Gasteiger partial charge in [-0.3, -0.25) is 0 Å². The van der Waals surface area contributed by atoms with Crippen molar-refractivity contribution in [1.82, 2.24) is 5.32 Å². The Morgan fingerprint density at radius 3 is 2.94 bits per heavy atom. The fourth-order valence-electron chi connectivity index (χ4n) is 2.49. The minimum Gasteiger partial charge on any atom is -0.472 e. The molecule has 0 aromatic carbocycles. The molecule has 2 unspecified atom stereocenters. The van der Waals surface area contributed by atoms with Crippen LogP contribution in [0.15, 0.2) is 23.0 Å². The van der Waals surface area contributed by atoms with E-state index in [9.17, 15) is 8.42 Å². The van der Waals surface area contributed by atoms with Gasteiger partial charge in [-0.25, -0.2) is 8.42 Å². The fourth-order valence-corrected chi connectivity index (χ4v) is 4.59. The zero-order valence-corrected chi connectivity index (χ0v) is 10.9. The molecule has 1 aromatic heterocycles. The Morgan fingerprint density at radius 2 is 2.35 bits per heavy atom. The molecule has 5 heteroatoms. The van der Waals surface area contributed by atoms with Crippen LogP contribution < -0.4 is 5.32 Å². The van der Waals surface area contributed by atoms with Crippen LogP contribution in [0.5, 0.6) is 0 Å². The van der Waals surface area contributed by atoms with Crippen LogP contribution in [0.2, 0.25) is 0 Å². The molecule has 1 aliphatic heterocycles. The molecule has 17 heavy (non-hydrogen) atoms. The summed E-state index contributed by atoms with van der Waals surface area (Å²) in [4.78, 5) is 0. The van der Waals surface area contributed by atoms with Crippen LogP contribution in [0.4, 0.5) is 0 Å². The van der Waals surface area contributed by atoms with Crippen molar-refractivity contribution in [3.63, 3.8) is 0 Å². The van der Waals surface area contributed by atoms with Gasteiger partial charge in [-0.1, -0.05) is 13.3 Å². The van der Waals surface area contributed by atoms with Crippen molar-refractivity contribution < 1.29 is 12.8 Å². The lowest BCUT2D eigenvalue weighted by atomic mass is 10.0. The molecule has 0 spiro atoms. The van der Waals surface area contributed by atoms with Crippen LogP contribution in [0.1, 0.15) is 37.8 Å². The molecule has 4 nitrogen and oxygen atoms in total. The molecule has 0 aliphatic carbocycles. The Balaban J connectivity index is 2.26. The van der Waals surface area contributed by atoms with Gasteiger partial charge in [0.25, 0.3) is 0 Å². The summed E-state index contributed by atoms with van der Waals surface area (Å²) in [6, 6.07) is 1.71. The third kappa shape index (κ3) is 2.72. The first-order valence-electron chi connectivity index (χ1n) is 6.12. The lowest BCUT2D eigenvalue weighted by Crippen LogP contribution is -2.40. The van der Waals surface area contributed by atoms with Gasteiger partial charge in [0.15, 0.2) is 9.84 Å². The Hall–Kier alpha value is -0.810. The number of rotatable bonds is 4. The van der Waals surface area contributed by atoms with Gasteiger partial charge < -0.3 is 9.73 Å². The average Bonchev–Trinajstić information content (AvgIpc) is 2.79. The van der Waals surface area contributed by atoms with E-state index in [0.29, 0.717) is 5.75 Å². The molecular weight excluding hydrogens is 238 g/mol. The van der Waals surface area contributed by atoms with Gasteiger partial charge in [-0.15, -0.1) is 0 Å². The van der Waals surface area contributed by atoms with Crippen LogP contribution >= 0.6 is 0 Å². The summed E-state index contributed by atoms with van der Waals surface area (Å²) in [6.07, 6.45) is 5.75. The molecular formula is C12H19NO3S. The van der Waals surface area contributed by atoms with E-state index in [1.807, 2.05) is 13.0 Å². The molecule has 1 aliphatic rings. The zero-order valence-electron chi connectivity index (χ0n) is 10.1. The molecule has 0 bridgehead atoms. The fraction of sp³-hybridized carbons (Fsp3) is 0.667. The first kappa shape index (κ1) is 12.6. The van der Waals surface area contributed by atoms with Crippen molar-refractivity contribution in [2.45, 2.75) is 37.5 Å². The van der Waals surface area contributed by atoms with Crippen molar-refractivity contribution in [3.8, 4) is 0 Å². The van der Waals surface area contributed by atoms with E-state index in [1.165, 1.54) is 0 Å². The summed E-state index contributed by atoms with van der Waals surface area (Å²) in [5.41, 5.74) is 0.933. The highest BCUT2D eigenvalue weighted by Gasteiger charge is 2.36. The van der Waals surface area contributed by atoms with Crippen LogP contribution in [0, 0.1) is 0 Å². The number of sulfone groups is 1. The lowest BCUT2D eigenvalue weighted by Gasteiger charge is -2.30. The number of nitrogens with one attached hydrogen (secondary N) is 1. The zero-order chi connectivity index (χ0) is 12.3. The minimum absolute atomic E-state index is 0.135. The normalized spacial score (nSPS) is 25.6. The topological polar surface area (TPSA) is 59.3 Å². The highest BCUT2D eigenvalue weighted by atomic mass is 32.2. The van der Waals surface area contributed by atoms with Gasteiger partial charge in [0, 0.05) is 5.56 Å². The van der Waals surface area contributed by atoms with Gasteiger partial charge in [0.1, 0.15) is 0 Å². The molecule has 2 rings (SSSR count). The van der Waals surface area contributed by atoms with Crippen molar-refractivity contribution in [3.05, 3.63) is 24.2 Å². The SMILES string of the molecule is CCNC(c1ccoc1)C1CCCCS1(=O)=O. The molecule has 0 radical (unpaired) electrons. The van der Waals surface area contributed by atoms with Crippen LogP contribution in [-0.4, -0.2) is 26.0 Å². The van der Waals surface area contributed by atoms with Crippen molar-refractivity contribution in [1.29, 1.82) is 0 Å². The van der Waals surface area contributed by atoms with E-state index in [1.54, 1.807) is 12.5 Å². The van der Waals surface area contributed by atoms with Gasteiger partial charge in [-0.05, 0) is 25.5 Å². The molecule has 96 valence electrons. The number of hydrogen-bond donors (Lipinski definition) is 1.